The van der Waals surface area contributed by atoms with E-state index in [1.54, 1.807) is 0 Å². The van der Waals surface area contributed by atoms with Gasteiger partial charge in [0.2, 0.25) is 0 Å². The van der Waals surface area contributed by atoms with Crippen molar-refractivity contribution in [2.24, 2.45) is 5.73 Å². The highest BCUT2D eigenvalue weighted by Crippen LogP contribution is 2.20. The van der Waals surface area contributed by atoms with Gasteiger partial charge in [-0.1, -0.05) is 25.5 Å². The lowest BCUT2D eigenvalue weighted by molar-refractivity contribution is -0.861. The number of anilines is 1. The number of likely N-dealkylation sites (N-methyl/N-ethyl adjacent to an activating group) is 1. The molecule has 0 saturated carbocycles. The number of nitrogens with zero attached hydrogens (tertiary/aromatic N) is 1. The highest BCUT2D eigenvalue weighted by Gasteiger charge is 2.28. The van der Waals surface area contributed by atoms with Gasteiger partial charge in [-0.25, -0.2) is 0 Å². The third-order valence-electron chi connectivity index (χ3n) is 4.66. The number of rotatable bonds is 10. The smallest absolute Gasteiger partial charge is 0.279 e. The quantitative estimate of drug-likeness (QED) is 0.410. The highest BCUT2D eigenvalue weighted by molar-refractivity contribution is 5.91. The van der Waals surface area contributed by atoms with Crippen LogP contribution in [-0.2, 0) is 20.7 Å². The van der Waals surface area contributed by atoms with E-state index < -0.39 is 12.4 Å². The van der Waals surface area contributed by atoms with Crippen molar-refractivity contribution >= 4 is 11.6 Å². The SMILES string of the molecule is CCCCN.C[N+](C)(C)CC(=O)Nc1ccc(CCOC2CC(O)CC(CO)O2)cc1. The fourth-order valence-corrected chi connectivity index (χ4v) is 3.07. The molecule has 3 unspecified atom stereocenters. The molecule has 1 saturated heterocycles. The molecule has 2 rings (SSSR count). The van der Waals surface area contributed by atoms with Crippen molar-refractivity contribution in [2.75, 3.05) is 52.8 Å². The van der Waals surface area contributed by atoms with Crippen molar-refractivity contribution < 1.29 is 29.0 Å². The predicted octanol–water partition coefficient (Wildman–Crippen LogP) is 1.49. The number of aliphatic hydroxyl groups excluding tert-OH is 2. The van der Waals surface area contributed by atoms with Crippen molar-refractivity contribution in [1.29, 1.82) is 0 Å². The second-order valence-electron chi connectivity index (χ2n) is 8.95. The van der Waals surface area contributed by atoms with E-state index in [0.29, 0.717) is 36.9 Å². The molecule has 1 fully saturated rings. The van der Waals surface area contributed by atoms with Gasteiger partial charge >= 0.3 is 0 Å². The maximum Gasteiger partial charge on any atom is 0.279 e. The molecule has 0 spiro atoms. The number of carbonyl (C=O) groups is 1. The van der Waals surface area contributed by atoms with Gasteiger partial charge in [-0.15, -0.1) is 0 Å². The molecule has 0 radical (unpaired) electrons. The molecule has 1 aliphatic heterocycles. The van der Waals surface area contributed by atoms with Gasteiger partial charge in [0.25, 0.3) is 5.91 Å². The molecule has 5 N–H and O–H groups in total. The van der Waals surface area contributed by atoms with Crippen LogP contribution in [0.4, 0.5) is 5.69 Å². The first kappa shape index (κ1) is 27.5. The molecule has 1 heterocycles. The zero-order valence-corrected chi connectivity index (χ0v) is 19.5. The fraction of sp³-hybridized carbons (Fsp3) is 0.696. The first-order valence-corrected chi connectivity index (χ1v) is 11.1. The van der Waals surface area contributed by atoms with Gasteiger partial charge in [0.15, 0.2) is 12.8 Å². The fourth-order valence-electron chi connectivity index (χ4n) is 3.07. The summed E-state index contributed by atoms with van der Waals surface area (Å²) in [6.45, 7) is 3.74. The maximum atomic E-state index is 11.9. The zero-order chi connectivity index (χ0) is 23.3. The number of hydrogen-bond donors (Lipinski definition) is 4. The Hall–Kier alpha value is -1.55. The van der Waals surface area contributed by atoms with Crippen LogP contribution in [0.2, 0.25) is 0 Å². The van der Waals surface area contributed by atoms with Gasteiger partial charge in [0.05, 0.1) is 46.6 Å². The van der Waals surface area contributed by atoms with Crippen LogP contribution in [0.25, 0.3) is 0 Å². The molecule has 31 heavy (non-hydrogen) atoms. The molecule has 0 aromatic heterocycles. The van der Waals surface area contributed by atoms with Crippen LogP contribution >= 0.6 is 0 Å². The molecule has 1 amide bonds. The monoisotopic (exact) mass is 440 g/mol. The van der Waals surface area contributed by atoms with Crippen molar-refractivity contribution in [3.05, 3.63) is 29.8 Å². The molecular formula is C23H42N3O5+. The van der Waals surface area contributed by atoms with Gasteiger partial charge in [0.1, 0.15) is 0 Å². The molecule has 178 valence electrons. The molecule has 0 aliphatic carbocycles. The van der Waals surface area contributed by atoms with Gasteiger partial charge < -0.3 is 35.2 Å². The largest absolute Gasteiger partial charge is 0.394 e. The maximum absolute atomic E-state index is 11.9. The number of quaternary nitrogens is 1. The Morgan fingerprint density at radius 3 is 2.45 bits per heavy atom. The standard InChI is InChI=1S/C19H30N2O5.C4H11N/c1-21(2,3)12-18(24)20-15-6-4-14(5-7-15)8-9-25-19-11-16(23)10-17(13-22)26-19;1-2-3-4-5/h4-7,16-17,19,22-23H,8-13H2,1-3H3;2-5H2,1H3/p+1. The minimum atomic E-state index is -0.500. The molecule has 8 heteroatoms. The average Bonchev–Trinajstić information content (AvgIpc) is 2.68. The van der Waals surface area contributed by atoms with Crippen molar-refractivity contribution in [3.8, 4) is 0 Å². The summed E-state index contributed by atoms with van der Waals surface area (Å²) in [5, 5.41) is 21.8. The van der Waals surface area contributed by atoms with Gasteiger partial charge in [-0.2, -0.15) is 0 Å². The number of benzene rings is 1. The Bertz CT molecular complexity index is 617. The van der Waals surface area contributed by atoms with Crippen molar-refractivity contribution in [2.45, 2.75) is 57.5 Å². The highest BCUT2D eigenvalue weighted by atomic mass is 16.7. The summed E-state index contributed by atoms with van der Waals surface area (Å²) in [5.74, 6) is -0.0139. The van der Waals surface area contributed by atoms with E-state index in [1.165, 1.54) is 12.8 Å². The van der Waals surface area contributed by atoms with E-state index in [2.05, 4.69) is 12.2 Å². The Morgan fingerprint density at radius 1 is 1.26 bits per heavy atom. The van der Waals surface area contributed by atoms with Crippen LogP contribution in [0.5, 0.6) is 0 Å². The number of nitrogens with two attached hydrogens (primary N) is 1. The van der Waals surface area contributed by atoms with E-state index in [0.717, 1.165) is 17.8 Å². The van der Waals surface area contributed by atoms with E-state index in [1.807, 2.05) is 45.4 Å². The lowest BCUT2D eigenvalue weighted by Crippen LogP contribution is -2.41. The third-order valence-corrected chi connectivity index (χ3v) is 4.66. The molecule has 1 aromatic rings. The Morgan fingerprint density at radius 2 is 1.94 bits per heavy atom. The summed E-state index contributed by atoms with van der Waals surface area (Å²) in [6, 6.07) is 7.67. The molecule has 8 nitrogen and oxygen atoms in total. The zero-order valence-electron chi connectivity index (χ0n) is 19.5. The summed E-state index contributed by atoms with van der Waals surface area (Å²) in [7, 11) is 5.92. The minimum absolute atomic E-state index is 0.0139. The normalized spacial score (nSPS) is 21.2. The van der Waals surface area contributed by atoms with Crippen molar-refractivity contribution in [3.63, 3.8) is 0 Å². The number of nitrogens with one attached hydrogen (secondary N) is 1. The number of hydrogen-bond acceptors (Lipinski definition) is 6. The molecule has 0 bridgehead atoms. The minimum Gasteiger partial charge on any atom is -0.394 e. The van der Waals surface area contributed by atoms with E-state index in [9.17, 15) is 9.90 Å². The van der Waals surface area contributed by atoms with Crippen LogP contribution in [-0.4, -0.2) is 86.5 Å². The average molecular weight is 441 g/mol. The number of aliphatic hydroxyl groups is 2. The topological polar surface area (TPSA) is 114 Å². The molecule has 3 atom stereocenters. The van der Waals surface area contributed by atoms with Crippen LogP contribution in [0.3, 0.4) is 0 Å². The lowest BCUT2D eigenvalue weighted by atomic mass is 10.1. The number of amides is 1. The number of unbranched alkanes of at least 4 members (excludes halogenated alkanes) is 1. The van der Waals surface area contributed by atoms with Crippen molar-refractivity contribution in [1.82, 2.24) is 0 Å². The van der Waals surface area contributed by atoms with Crippen LogP contribution in [0.1, 0.15) is 38.2 Å². The third kappa shape index (κ3) is 12.8. The van der Waals surface area contributed by atoms with Gasteiger partial charge in [-0.3, -0.25) is 4.79 Å². The van der Waals surface area contributed by atoms with E-state index in [-0.39, 0.29) is 18.6 Å². The summed E-state index contributed by atoms with van der Waals surface area (Å²) >= 11 is 0. The summed E-state index contributed by atoms with van der Waals surface area (Å²) < 4.78 is 11.8. The lowest BCUT2D eigenvalue weighted by Gasteiger charge is -2.32. The van der Waals surface area contributed by atoms with Crippen LogP contribution in [0.15, 0.2) is 24.3 Å². The van der Waals surface area contributed by atoms with Crippen LogP contribution in [0, 0.1) is 0 Å². The Labute approximate surface area is 186 Å². The summed E-state index contributed by atoms with van der Waals surface area (Å²) in [6.07, 6.45) is 2.61. The van der Waals surface area contributed by atoms with Crippen LogP contribution < -0.4 is 11.1 Å². The van der Waals surface area contributed by atoms with E-state index in [4.69, 9.17) is 20.3 Å². The van der Waals surface area contributed by atoms with E-state index >= 15 is 0 Å². The predicted molar refractivity (Wildman–Crippen MR) is 123 cm³/mol. The van der Waals surface area contributed by atoms with Gasteiger partial charge in [-0.05, 0) is 37.1 Å². The Kier molecular flexibility index (Phi) is 12.9. The first-order valence-electron chi connectivity index (χ1n) is 11.1. The molecule has 1 aliphatic rings. The Balaban J connectivity index is 0.000000861. The number of ether oxygens (including phenoxy) is 2. The molecule has 1 aromatic carbocycles. The number of carbonyl (C=O) groups excluding carboxylic acids is 1. The summed E-state index contributed by atoms with van der Waals surface area (Å²) in [5.41, 5.74) is 7.00. The molecular weight excluding hydrogens is 398 g/mol. The first-order chi connectivity index (χ1) is 14.7. The second-order valence-corrected chi connectivity index (χ2v) is 8.95. The second kappa shape index (κ2) is 14.5. The summed E-state index contributed by atoms with van der Waals surface area (Å²) in [4.78, 5) is 11.9. The van der Waals surface area contributed by atoms with Gasteiger partial charge in [0, 0.05) is 18.5 Å².